The van der Waals surface area contributed by atoms with E-state index in [9.17, 15) is 20.0 Å². The Hall–Kier alpha value is -3.04. The van der Waals surface area contributed by atoms with E-state index in [1.165, 1.54) is 12.1 Å². The molecule has 0 unspecified atom stereocenters. The molecule has 0 bridgehead atoms. The van der Waals surface area contributed by atoms with Gasteiger partial charge in [0, 0.05) is 6.07 Å². The highest BCUT2D eigenvalue weighted by atomic mass is 16.6. The van der Waals surface area contributed by atoms with E-state index in [2.05, 4.69) is 25.9 Å². The summed E-state index contributed by atoms with van der Waals surface area (Å²) in [5.74, 6) is -1.55. The number of aromatic amines is 1. The maximum atomic E-state index is 11.6. The number of aromatic nitrogens is 4. The van der Waals surface area contributed by atoms with Gasteiger partial charge in [-0.3, -0.25) is 14.9 Å². The predicted molar refractivity (Wildman–Crippen MR) is 56.9 cm³/mol. The van der Waals surface area contributed by atoms with Crippen molar-refractivity contribution in [3.05, 3.63) is 34.1 Å². The van der Waals surface area contributed by atoms with Gasteiger partial charge < -0.3 is 10.4 Å². The molecule has 1 aromatic heterocycles. The van der Waals surface area contributed by atoms with Crippen LogP contribution in [-0.4, -0.2) is 36.6 Å². The van der Waals surface area contributed by atoms with E-state index >= 15 is 0 Å². The van der Waals surface area contributed by atoms with Gasteiger partial charge in [-0.05, 0) is 11.3 Å². The number of para-hydroxylation sites is 1. The lowest BCUT2D eigenvalue weighted by Crippen LogP contribution is -2.15. The van der Waals surface area contributed by atoms with Crippen LogP contribution in [0.15, 0.2) is 18.2 Å². The van der Waals surface area contributed by atoms with Crippen LogP contribution in [0.2, 0.25) is 0 Å². The van der Waals surface area contributed by atoms with Crippen LogP contribution in [0.5, 0.6) is 5.75 Å². The Bertz CT molecular complexity index is 596. The Morgan fingerprint density at radius 2 is 2.28 bits per heavy atom. The van der Waals surface area contributed by atoms with E-state index in [0.29, 0.717) is 0 Å². The van der Waals surface area contributed by atoms with Crippen molar-refractivity contribution in [3.8, 4) is 5.75 Å². The van der Waals surface area contributed by atoms with Gasteiger partial charge in [-0.15, -0.1) is 10.2 Å². The molecule has 2 rings (SSSR count). The molecular formula is C8H6N6O4. The van der Waals surface area contributed by atoms with Gasteiger partial charge in [0.15, 0.2) is 5.69 Å². The standard InChI is InChI=1S/C8H6N6O4/c15-5-3-1-2-4(14(17)18)6(5)9-8(16)7-10-12-13-11-7/h1-3,15H,(H,9,16)(H,10,11,12,13). The smallest absolute Gasteiger partial charge is 0.297 e. The maximum Gasteiger partial charge on any atom is 0.297 e. The van der Waals surface area contributed by atoms with E-state index in [4.69, 9.17) is 0 Å². The molecule has 0 aliphatic heterocycles. The third kappa shape index (κ3) is 2.07. The van der Waals surface area contributed by atoms with Crippen LogP contribution in [-0.2, 0) is 0 Å². The number of phenolic OH excluding ortho intramolecular Hbond substituents is 1. The van der Waals surface area contributed by atoms with Crippen molar-refractivity contribution in [2.45, 2.75) is 0 Å². The molecule has 0 fully saturated rings. The molecule has 3 N–H and O–H groups in total. The van der Waals surface area contributed by atoms with Crippen LogP contribution in [0.3, 0.4) is 0 Å². The van der Waals surface area contributed by atoms with Gasteiger partial charge in [0.1, 0.15) is 5.75 Å². The SMILES string of the molecule is O=C(Nc1c(O)cccc1[N+](=O)[O-])c1nn[nH]n1. The molecule has 0 saturated heterocycles. The van der Waals surface area contributed by atoms with Gasteiger partial charge in [-0.1, -0.05) is 6.07 Å². The number of rotatable bonds is 3. The van der Waals surface area contributed by atoms with Gasteiger partial charge in [0.25, 0.3) is 17.4 Å². The quantitative estimate of drug-likeness (QED) is 0.396. The molecule has 0 saturated carbocycles. The number of H-pyrrole nitrogens is 1. The van der Waals surface area contributed by atoms with Crippen molar-refractivity contribution >= 4 is 17.3 Å². The monoisotopic (exact) mass is 250 g/mol. The Morgan fingerprint density at radius 3 is 2.89 bits per heavy atom. The lowest BCUT2D eigenvalue weighted by molar-refractivity contribution is -0.384. The van der Waals surface area contributed by atoms with E-state index in [1.807, 2.05) is 0 Å². The predicted octanol–water partition coefficient (Wildman–Crippen LogP) is 0.0658. The number of nitrogens with zero attached hydrogens (tertiary/aromatic N) is 4. The largest absolute Gasteiger partial charge is 0.505 e. The summed E-state index contributed by atoms with van der Waals surface area (Å²) >= 11 is 0. The summed E-state index contributed by atoms with van der Waals surface area (Å²) in [6, 6.07) is 3.64. The Kier molecular flexibility index (Phi) is 2.83. The van der Waals surface area contributed by atoms with Crippen molar-refractivity contribution in [1.82, 2.24) is 20.6 Å². The van der Waals surface area contributed by atoms with Crippen molar-refractivity contribution < 1.29 is 14.8 Å². The molecule has 2 aromatic rings. The molecule has 0 atom stereocenters. The lowest BCUT2D eigenvalue weighted by atomic mass is 10.2. The topological polar surface area (TPSA) is 147 Å². The summed E-state index contributed by atoms with van der Waals surface area (Å²) in [6.45, 7) is 0. The first-order chi connectivity index (χ1) is 8.59. The molecule has 0 spiro atoms. The molecule has 0 aliphatic rings. The normalized spacial score (nSPS) is 10.0. The minimum absolute atomic E-state index is 0.299. The fourth-order valence-electron chi connectivity index (χ4n) is 1.24. The van der Waals surface area contributed by atoms with Gasteiger partial charge in [-0.25, -0.2) is 0 Å². The Labute approximate surface area is 98.8 Å². The number of nitro groups is 1. The zero-order valence-corrected chi connectivity index (χ0v) is 8.69. The number of amides is 1. The second kappa shape index (κ2) is 4.45. The third-order valence-electron chi connectivity index (χ3n) is 2.00. The summed E-state index contributed by atoms with van der Waals surface area (Å²) in [5.41, 5.74) is -0.760. The fourth-order valence-corrected chi connectivity index (χ4v) is 1.24. The Morgan fingerprint density at radius 1 is 1.50 bits per heavy atom. The average Bonchev–Trinajstić information content (AvgIpc) is 2.85. The molecule has 1 heterocycles. The summed E-state index contributed by atoms with van der Waals surface area (Å²) in [4.78, 5) is 21.6. The van der Waals surface area contributed by atoms with Crippen LogP contribution in [0.4, 0.5) is 11.4 Å². The molecule has 1 aromatic carbocycles. The second-order valence-corrected chi connectivity index (χ2v) is 3.12. The third-order valence-corrected chi connectivity index (χ3v) is 2.00. The number of carbonyl (C=O) groups excluding carboxylic acids is 1. The van der Waals surface area contributed by atoms with Crippen molar-refractivity contribution in [3.63, 3.8) is 0 Å². The molecular weight excluding hydrogens is 244 g/mol. The minimum Gasteiger partial charge on any atom is -0.505 e. The fraction of sp³-hybridized carbons (Fsp3) is 0. The lowest BCUT2D eigenvalue weighted by Gasteiger charge is -2.05. The first-order valence-corrected chi connectivity index (χ1v) is 4.60. The van der Waals surface area contributed by atoms with E-state index in [-0.39, 0.29) is 11.5 Å². The summed E-state index contributed by atoms with van der Waals surface area (Å²) in [6.07, 6.45) is 0. The van der Waals surface area contributed by atoms with Crippen LogP contribution < -0.4 is 5.32 Å². The number of benzene rings is 1. The molecule has 18 heavy (non-hydrogen) atoms. The maximum absolute atomic E-state index is 11.6. The molecule has 1 amide bonds. The highest BCUT2D eigenvalue weighted by Gasteiger charge is 2.21. The molecule has 92 valence electrons. The number of aromatic hydroxyl groups is 1. The number of carbonyl (C=O) groups is 1. The van der Waals surface area contributed by atoms with Crippen LogP contribution in [0.25, 0.3) is 0 Å². The number of hydrogen-bond acceptors (Lipinski definition) is 7. The highest BCUT2D eigenvalue weighted by molar-refractivity contribution is 6.03. The number of tetrazole rings is 1. The van der Waals surface area contributed by atoms with Crippen molar-refractivity contribution in [2.24, 2.45) is 0 Å². The number of hydrogen-bond donors (Lipinski definition) is 3. The average molecular weight is 250 g/mol. The molecule has 10 heteroatoms. The molecule has 0 aliphatic carbocycles. The van der Waals surface area contributed by atoms with Crippen LogP contribution >= 0.6 is 0 Å². The van der Waals surface area contributed by atoms with Crippen LogP contribution in [0, 0.1) is 10.1 Å². The second-order valence-electron chi connectivity index (χ2n) is 3.12. The van der Waals surface area contributed by atoms with Gasteiger partial charge in [0.05, 0.1) is 4.92 Å². The first-order valence-electron chi connectivity index (χ1n) is 4.60. The van der Waals surface area contributed by atoms with E-state index in [0.717, 1.165) is 6.07 Å². The van der Waals surface area contributed by atoms with E-state index < -0.39 is 22.3 Å². The minimum atomic E-state index is -0.826. The van der Waals surface area contributed by atoms with Crippen LogP contribution in [0.1, 0.15) is 10.6 Å². The zero-order valence-electron chi connectivity index (χ0n) is 8.69. The number of nitrogens with one attached hydrogen (secondary N) is 2. The van der Waals surface area contributed by atoms with Crippen molar-refractivity contribution in [1.29, 1.82) is 0 Å². The van der Waals surface area contributed by atoms with Crippen molar-refractivity contribution in [2.75, 3.05) is 5.32 Å². The molecule has 10 nitrogen and oxygen atoms in total. The summed E-state index contributed by atoms with van der Waals surface area (Å²) < 4.78 is 0. The Balaban J connectivity index is 2.34. The number of phenols is 1. The molecule has 0 radical (unpaired) electrons. The summed E-state index contributed by atoms with van der Waals surface area (Å²) in [7, 11) is 0. The first kappa shape index (κ1) is 11.4. The number of nitro benzene ring substituents is 1. The summed E-state index contributed by atoms with van der Waals surface area (Å²) in [5, 5.41) is 34.4. The van der Waals surface area contributed by atoms with Gasteiger partial charge in [0.2, 0.25) is 0 Å². The van der Waals surface area contributed by atoms with Gasteiger partial charge >= 0.3 is 0 Å². The zero-order chi connectivity index (χ0) is 13.1. The highest BCUT2D eigenvalue weighted by Crippen LogP contribution is 2.33. The number of anilines is 1. The van der Waals surface area contributed by atoms with Gasteiger partial charge in [-0.2, -0.15) is 5.21 Å². The van der Waals surface area contributed by atoms with E-state index in [1.54, 1.807) is 0 Å².